The van der Waals surface area contributed by atoms with Gasteiger partial charge in [0.2, 0.25) is 5.91 Å². The highest BCUT2D eigenvalue weighted by Crippen LogP contribution is 2.34. The van der Waals surface area contributed by atoms with Crippen LogP contribution in [0.1, 0.15) is 63.6 Å². The number of fused-ring (bicyclic) bond motifs is 1. The smallest absolute Gasteiger partial charge is 0.263 e. The highest BCUT2D eigenvalue weighted by atomic mass is 16.5. The fraction of sp³-hybridized carbons (Fsp3) is 0.520. The van der Waals surface area contributed by atoms with Crippen molar-refractivity contribution < 1.29 is 9.32 Å². The fourth-order valence-corrected chi connectivity index (χ4v) is 4.89. The molecule has 1 aliphatic carbocycles. The Bertz CT molecular complexity index is 1050. The zero-order chi connectivity index (χ0) is 21.8. The number of piperidine rings is 1. The van der Waals surface area contributed by atoms with Crippen molar-refractivity contribution in [3.63, 3.8) is 0 Å². The summed E-state index contributed by atoms with van der Waals surface area (Å²) in [6.45, 7) is 1.93. The van der Waals surface area contributed by atoms with Crippen LogP contribution in [-0.4, -0.2) is 40.2 Å². The van der Waals surface area contributed by atoms with Gasteiger partial charge >= 0.3 is 0 Å². The number of nitrogens with zero attached hydrogens (tertiary/aromatic N) is 4. The minimum Gasteiger partial charge on any atom is -0.356 e. The second kappa shape index (κ2) is 9.67. The van der Waals surface area contributed by atoms with E-state index in [-0.39, 0.29) is 5.91 Å². The molecule has 2 fully saturated rings. The molecule has 7 nitrogen and oxygen atoms in total. The molecule has 2 aliphatic rings. The van der Waals surface area contributed by atoms with E-state index in [4.69, 9.17) is 9.51 Å². The highest BCUT2D eigenvalue weighted by Gasteiger charge is 2.24. The second-order valence-electron chi connectivity index (χ2n) is 8.99. The van der Waals surface area contributed by atoms with Crippen molar-refractivity contribution in [3.8, 4) is 11.3 Å². The van der Waals surface area contributed by atoms with Gasteiger partial charge in [0.05, 0.1) is 0 Å². The van der Waals surface area contributed by atoms with E-state index in [2.05, 4.69) is 20.4 Å². The third kappa shape index (κ3) is 4.61. The normalized spacial score (nSPS) is 17.6. The summed E-state index contributed by atoms with van der Waals surface area (Å²) >= 11 is 0. The average molecular weight is 434 g/mol. The minimum absolute atomic E-state index is 0.0858. The van der Waals surface area contributed by atoms with Gasteiger partial charge in [0.25, 0.3) is 5.71 Å². The van der Waals surface area contributed by atoms with Crippen molar-refractivity contribution in [1.82, 2.24) is 20.4 Å². The first kappa shape index (κ1) is 20.9. The van der Waals surface area contributed by atoms with Gasteiger partial charge in [-0.1, -0.05) is 54.8 Å². The van der Waals surface area contributed by atoms with Gasteiger partial charge < -0.3 is 14.7 Å². The lowest BCUT2D eigenvalue weighted by molar-refractivity contribution is -0.122. The number of hydrogen-bond acceptors (Lipinski definition) is 6. The number of aromatic nitrogens is 3. The maximum absolute atomic E-state index is 12.5. The van der Waals surface area contributed by atoms with Crippen molar-refractivity contribution in [2.75, 3.05) is 18.0 Å². The third-order valence-corrected chi connectivity index (χ3v) is 6.61. The summed E-state index contributed by atoms with van der Waals surface area (Å²) in [5.74, 6) is 1.62. The van der Waals surface area contributed by atoms with Crippen LogP contribution in [0.3, 0.4) is 0 Å². The highest BCUT2D eigenvalue weighted by molar-refractivity contribution is 5.98. The number of benzene rings is 1. The Balaban J connectivity index is 1.40. The lowest BCUT2D eigenvalue weighted by atomic mass is 9.95. The minimum atomic E-state index is 0.0858. The SMILES string of the molecule is O=C(CCc1nc(N2CCCCC2)c2c(-c3ccccc3)noc2n1)NC1CCCCC1. The molecule has 2 aromatic heterocycles. The van der Waals surface area contributed by atoms with E-state index in [9.17, 15) is 4.79 Å². The van der Waals surface area contributed by atoms with Crippen LogP contribution in [0.4, 0.5) is 5.82 Å². The summed E-state index contributed by atoms with van der Waals surface area (Å²) < 4.78 is 5.68. The van der Waals surface area contributed by atoms with Crippen molar-refractivity contribution in [2.24, 2.45) is 0 Å². The van der Waals surface area contributed by atoms with Gasteiger partial charge in [-0.15, -0.1) is 0 Å². The number of anilines is 1. The molecule has 1 saturated heterocycles. The van der Waals surface area contributed by atoms with E-state index in [0.29, 0.717) is 30.4 Å². The van der Waals surface area contributed by atoms with Crippen LogP contribution in [0.15, 0.2) is 34.9 Å². The standard InChI is InChI=1S/C25H31N5O2/c31-21(26-19-12-6-2-7-13-19)15-14-20-27-24(30-16-8-3-9-17-30)22-23(29-32-25(22)28-20)18-10-4-1-5-11-18/h1,4-5,10-11,19H,2-3,6-9,12-17H2,(H,26,31). The largest absolute Gasteiger partial charge is 0.356 e. The molecule has 1 N–H and O–H groups in total. The van der Waals surface area contributed by atoms with Crippen LogP contribution in [0.25, 0.3) is 22.4 Å². The lowest BCUT2D eigenvalue weighted by Crippen LogP contribution is -2.36. The molecule has 1 amide bonds. The van der Waals surface area contributed by atoms with Gasteiger partial charge in [-0.3, -0.25) is 4.79 Å². The van der Waals surface area contributed by atoms with Crippen LogP contribution >= 0.6 is 0 Å². The molecular formula is C25H31N5O2. The first-order valence-electron chi connectivity index (χ1n) is 12.0. The maximum atomic E-state index is 12.5. The van der Waals surface area contributed by atoms with Crippen LogP contribution in [0.5, 0.6) is 0 Å². The first-order valence-corrected chi connectivity index (χ1v) is 12.0. The molecule has 7 heteroatoms. The van der Waals surface area contributed by atoms with Gasteiger partial charge in [0, 0.05) is 37.5 Å². The summed E-state index contributed by atoms with van der Waals surface area (Å²) in [6, 6.07) is 10.4. The Hall–Kier alpha value is -2.96. The average Bonchev–Trinajstić information content (AvgIpc) is 3.28. The number of hydrogen-bond donors (Lipinski definition) is 1. The molecule has 5 rings (SSSR count). The molecule has 0 atom stereocenters. The molecule has 0 bridgehead atoms. The summed E-state index contributed by atoms with van der Waals surface area (Å²) in [5.41, 5.74) is 2.28. The van der Waals surface area contributed by atoms with Crippen molar-refractivity contribution in [2.45, 2.75) is 70.3 Å². The van der Waals surface area contributed by atoms with Crippen molar-refractivity contribution in [1.29, 1.82) is 0 Å². The van der Waals surface area contributed by atoms with Gasteiger partial charge in [-0.05, 0) is 32.1 Å². The van der Waals surface area contributed by atoms with Crippen LogP contribution in [0, 0.1) is 0 Å². The molecule has 0 unspecified atom stereocenters. The number of amides is 1. The molecule has 1 saturated carbocycles. The van der Waals surface area contributed by atoms with Crippen LogP contribution in [0.2, 0.25) is 0 Å². The predicted octanol–water partition coefficient (Wildman–Crippen LogP) is 4.66. The van der Waals surface area contributed by atoms with Gasteiger partial charge in [0.15, 0.2) is 0 Å². The van der Waals surface area contributed by atoms with E-state index in [1.165, 1.54) is 25.7 Å². The number of nitrogens with one attached hydrogen (secondary N) is 1. The zero-order valence-corrected chi connectivity index (χ0v) is 18.6. The van der Waals surface area contributed by atoms with E-state index in [1.54, 1.807) is 0 Å². The molecule has 1 aromatic carbocycles. The molecule has 0 radical (unpaired) electrons. The van der Waals surface area contributed by atoms with Gasteiger partial charge in [0.1, 0.15) is 22.7 Å². The van der Waals surface area contributed by atoms with Crippen molar-refractivity contribution in [3.05, 3.63) is 36.2 Å². The van der Waals surface area contributed by atoms with Gasteiger partial charge in [-0.25, -0.2) is 4.98 Å². The monoisotopic (exact) mass is 433 g/mol. The van der Waals surface area contributed by atoms with Crippen molar-refractivity contribution >= 4 is 22.8 Å². The summed E-state index contributed by atoms with van der Waals surface area (Å²) in [4.78, 5) is 24.4. The predicted molar refractivity (Wildman–Crippen MR) is 124 cm³/mol. The number of carbonyl (C=O) groups is 1. The van der Waals surface area contributed by atoms with Gasteiger partial charge in [-0.2, -0.15) is 4.98 Å². The van der Waals surface area contributed by atoms with Crippen LogP contribution in [-0.2, 0) is 11.2 Å². The van der Waals surface area contributed by atoms with E-state index in [0.717, 1.165) is 61.2 Å². The molecule has 32 heavy (non-hydrogen) atoms. The Morgan fingerprint density at radius 3 is 2.53 bits per heavy atom. The number of rotatable bonds is 6. The Kier molecular flexibility index (Phi) is 6.32. The Morgan fingerprint density at radius 1 is 1.00 bits per heavy atom. The van der Waals surface area contributed by atoms with E-state index in [1.807, 2.05) is 30.3 Å². The topological polar surface area (TPSA) is 84.2 Å². The zero-order valence-electron chi connectivity index (χ0n) is 18.6. The van der Waals surface area contributed by atoms with Crippen LogP contribution < -0.4 is 10.2 Å². The molecule has 3 aromatic rings. The molecule has 168 valence electrons. The molecule has 1 aliphatic heterocycles. The Morgan fingerprint density at radius 2 is 1.75 bits per heavy atom. The third-order valence-electron chi connectivity index (χ3n) is 6.61. The van der Waals surface area contributed by atoms with E-state index < -0.39 is 0 Å². The lowest BCUT2D eigenvalue weighted by Gasteiger charge is -2.28. The summed E-state index contributed by atoms with van der Waals surface area (Å²) in [7, 11) is 0. The first-order chi connectivity index (χ1) is 15.8. The maximum Gasteiger partial charge on any atom is 0.263 e. The summed E-state index contributed by atoms with van der Waals surface area (Å²) in [6.07, 6.45) is 10.3. The number of aryl methyl sites for hydroxylation is 1. The van der Waals surface area contributed by atoms with E-state index >= 15 is 0 Å². The Labute approximate surface area is 188 Å². The quantitative estimate of drug-likeness (QED) is 0.609. The summed E-state index contributed by atoms with van der Waals surface area (Å²) in [5, 5.41) is 8.41. The number of carbonyl (C=O) groups excluding carboxylic acids is 1. The second-order valence-corrected chi connectivity index (χ2v) is 8.99. The molecule has 3 heterocycles. The molecule has 0 spiro atoms. The molecular weight excluding hydrogens is 402 g/mol. The fourth-order valence-electron chi connectivity index (χ4n) is 4.89.